The molecule has 0 bridgehead atoms. The second-order valence-corrected chi connectivity index (χ2v) is 5.18. The average molecular weight is 273 g/mol. The van der Waals surface area contributed by atoms with E-state index in [0.29, 0.717) is 17.9 Å². The van der Waals surface area contributed by atoms with Gasteiger partial charge in [-0.2, -0.15) is 4.98 Å². The summed E-state index contributed by atoms with van der Waals surface area (Å²) in [4.78, 5) is 15.7. The topological polar surface area (TPSA) is 119 Å². The first-order valence-corrected chi connectivity index (χ1v) is 6.83. The number of nitrogen functional groups attached to an aromatic ring is 1. The number of aromatic nitrogens is 4. The van der Waals surface area contributed by atoms with Crippen LogP contribution in [-0.4, -0.2) is 32.5 Å². The maximum absolute atomic E-state index is 5.82. The quantitative estimate of drug-likeness (QED) is 0.635. The molecule has 1 fully saturated rings. The Bertz CT molecular complexity index is 560. The van der Waals surface area contributed by atoms with Gasteiger partial charge in [0.2, 0.25) is 5.95 Å². The van der Waals surface area contributed by atoms with Crippen LogP contribution in [0.1, 0.15) is 30.3 Å². The smallest absolute Gasteiger partial charge is 0.222 e. The fraction of sp³-hybridized carbons (Fsp3) is 0.462. The van der Waals surface area contributed by atoms with Crippen LogP contribution < -0.4 is 16.8 Å². The molecule has 0 radical (unpaired) electrons. The van der Waals surface area contributed by atoms with E-state index in [0.717, 1.165) is 43.1 Å². The Hall–Kier alpha value is -2.15. The van der Waals surface area contributed by atoms with Crippen LogP contribution in [0, 0.1) is 0 Å². The monoisotopic (exact) mass is 273 g/mol. The van der Waals surface area contributed by atoms with Gasteiger partial charge < -0.3 is 21.8 Å². The first-order chi connectivity index (χ1) is 9.70. The predicted molar refractivity (Wildman–Crippen MR) is 77.2 cm³/mol. The van der Waals surface area contributed by atoms with Gasteiger partial charge in [-0.1, -0.05) is 0 Å². The normalized spacial score (nSPS) is 21.4. The highest BCUT2D eigenvalue weighted by molar-refractivity contribution is 5.42. The number of nitrogens with zero attached hydrogens (tertiary/aromatic N) is 3. The number of aromatic amines is 1. The fourth-order valence-electron chi connectivity index (χ4n) is 2.43. The van der Waals surface area contributed by atoms with E-state index in [1.807, 2.05) is 12.3 Å². The van der Waals surface area contributed by atoms with Crippen molar-refractivity contribution in [2.45, 2.75) is 31.2 Å². The number of anilines is 2. The minimum Gasteiger partial charge on any atom is -0.369 e. The van der Waals surface area contributed by atoms with E-state index in [9.17, 15) is 0 Å². The summed E-state index contributed by atoms with van der Waals surface area (Å²) in [6.07, 6.45) is 6.32. The first-order valence-electron chi connectivity index (χ1n) is 6.83. The van der Waals surface area contributed by atoms with Gasteiger partial charge in [0.05, 0.1) is 5.69 Å². The number of imidazole rings is 1. The summed E-state index contributed by atoms with van der Waals surface area (Å²) in [5.74, 6) is 2.44. The van der Waals surface area contributed by atoms with Crippen molar-refractivity contribution in [2.75, 3.05) is 17.6 Å². The molecule has 0 unspecified atom stereocenters. The Morgan fingerprint density at radius 3 is 2.90 bits per heavy atom. The largest absolute Gasteiger partial charge is 0.369 e. The Labute approximate surface area is 117 Å². The zero-order valence-corrected chi connectivity index (χ0v) is 11.2. The molecule has 106 valence electrons. The summed E-state index contributed by atoms with van der Waals surface area (Å²) in [5.41, 5.74) is 12.6. The van der Waals surface area contributed by atoms with Crippen LogP contribution in [0.4, 0.5) is 11.8 Å². The van der Waals surface area contributed by atoms with Gasteiger partial charge in [0.15, 0.2) is 0 Å². The summed E-state index contributed by atoms with van der Waals surface area (Å²) >= 11 is 0. The molecule has 0 saturated heterocycles. The van der Waals surface area contributed by atoms with E-state index in [-0.39, 0.29) is 0 Å². The number of nitrogens with one attached hydrogen (secondary N) is 2. The fourth-order valence-corrected chi connectivity index (χ4v) is 2.43. The number of H-pyrrole nitrogens is 1. The summed E-state index contributed by atoms with van der Waals surface area (Å²) < 4.78 is 0. The van der Waals surface area contributed by atoms with Crippen LogP contribution in [-0.2, 0) is 6.42 Å². The molecule has 1 aliphatic carbocycles. The lowest BCUT2D eigenvalue weighted by molar-refractivity contribution is 0.345. The molecule has 2 aromatic rings. The summed E-state index contributed by atoms with van der Waals surface area (Å²) in [6.45, 7) is 0.744. The molecule has 3 rings (SSSR count). The average Bonchev–Trinajstić information content (AvgIpc) is 2.87. The first kappa shape index (κ1) is 12.9. The molecular formula is C13H19N7. The molecule has 6 N–H and O–H groups in total. The van der Waals surface area contributed by atoms with Gasteiger partial charge in [0, 0.05) is 43.4 Å². The zero-order chi connectivity index (χ0) is 13.9. The van der Waals surface area contributed by atoms with Crippen LogP contribution in [0.3, 0.4) is 0 Å². The van der Waals surface area contributed by atoms with Crippen LogP contribution in [0.25, 0.3) is 0 Å². The van der Waals surface area contributed by atoms with Gasteiger partial charge in [-0.15, -0.1) is 0 Å². The second kappa shape index (κ2) is 5.46. The molecule has 1 saturated carbocycles. The van der Waals surface area contributed by atoms with Crippen LogP contribution in [0.15, 0.2) is 18.5 Å². The maximum atomic E-state index is 5.82. The predicted octanol–water partition coefficient (Wildman–Crippen LogP) is 0.641. The molecule has 2 aromatic heterocycles. The van der Waals surface area contributed by atoms with Crippen molar-refractivity contribution in [3.8, 4) is 0 Å². The maximum Gasteiger partial charge on any atom is 0.222 e. The standard InChI is InChI=1S/C13H19N7/c14-9-5-8(6-9)10-7-12(20-13(15)19-10)16-2-1-11-17-3-4-18-11/h3-4,7-9H,1-2,5-6,14H2,(H,17,18)(H3,15,16,19,20). The van der Waals surface area contributed by atoms with Gasteiger partial charge in [0.1, 0.15) is 11.6 Å². The Morgan fingerprint density at radius 1 is 1.35 bits per heavy atom. The zero-order valence-electron chi connectivity index (χ0n) is 11.2. The van der Waals surface area contributed by atoms with E-state index >= 15 is 0 Å². The van der Waals surface area contributed by atoms with Crippen LogP contribution >= 0.6 is 0 Å². The Morgan fingerprint density at radius 2 is 2.20 bits per heavy atom. The third-order valence-corrected chi connectivity index (χ3v) is 3.58. The van der Waals surface area contributed by atoms with Crippen molar-refractivity contribution in [3.63, 3.8) is 0 Å². The number of hydrogen-bond acceptors (Lipinski definition) is 6. The minimum atomic E-state index is 0.298. The Kier molecular flexibility index (Phi) is 3.51. The molecule has 2 heterocycles. The van der Waals surface area contributed by atoms with Crippen molar-refractivity contribution >= 4 is 11.8 Å². The molecule has 0 spiro atoms. The molecule has 1 aliphatic rings. The number of hydrogen-bond donors (Lipinski definition) is 4. The summed E-state index contributed by atoms with van der Waals surface area (Å²) in [5, 5.41) is 3.26. The van der Waals surface area contributed by atoms with Gasteiger partial charge in [0.25, 0.3) is 0 Å². The lowest BCUT2D eigenvalue weighted by atomic mass is 9.78. The van der Waals surface area contributed by atoms with E-state index in [1.165, 1.54) is 0 Å². The molecule has 0 atom stereocenters. The third kappa shape index (κ3) is 2.88. The molecular weight excluding hydrogens is 254 g/mol. The number of rotatable bonds is 5. The van der Waals surface area contributed by atoms with E-state index in [1.54, 1.807) is 6.20 Å². The number of nitrogens with two attached hydrogens (primary N) is 2. The molecule has 20 heavy (non-hydrogen) atoms. The van der Waals surface area contributed by atoms with Crippen molar-refractivity contribution in [1.82, 2.24) is 19.9 Å². The van der Waals surface area contributed by atoms with Gasteiger partial charge in [-0.3, -0.25) is 0 Å². The van der Waals surface area contributed by atoms with Crippen molar-refractivity contribution in [3.05, 3.63) is 30.0 Å². The molecule has 7 heteroatoms. The van der Waals surface area contributed by atoms with Crippen molar-refractivity contribution in [1.29, 1.82) is 0 Å². The van der Waals surface area contributed by atoms with E-state index in [2.05, 4.69) is 25.3 Å². The van der Waals surface area contributed by atoms with Crippen molar-refractivity contribution < 1.29 is 0 Å². The third-order valence-electron chi connectivity index (χ3n) is 3.58. The van der Waals surface area contributed by atoms with Crippen molar-refractivity contribution in [2.24, 2.45) is 5.73 Å². The lowest BCUT2D eigenvalue weighted by Crippen LogP contribution is -2.35. The molecule has 0 aliphatic heterocycles. The second-order valence-electron chi connectivity index (χ2n) is 5.18. The van der Waals surface area contributed by atoms with Crippen LogP contribution in [0.2, 0.25) is 0 Å². The summed E-state index contributed by atoms with van der Waals surface area (Å²) in [6, 6.07) is 2.27. The highest BCUT2D eigenvalue weighted by atomic mass is 15.1. The van der Waals surface area contributed by atoms with E-state index in [4.69, 9.17) is 11.5 Å². The Balaban J connectivity index is 1.61. The lowest BCUT2D eigenvalue weighted by Gasteiger charge is -2.32. The molecule has 0 aromatic carbocycles. The SMILES string of the molecule is Nc1nc(NCCc2ncc[nH]2)cc(C2CC(N)C2)n1. The van der Waals surface area contributed by atoms with Gasteiger partial charge in [-0.25, -0.2) is 9.97 Å². The highest BCUT2D eigenvalue weighted by Crippen LogP contribution is 2.35. The van der Waals surface area contributed by atoms with Crippen LogP contribution in [0.5, 0.6) is 0 Å². The highest BCUT2D eigenvalue weighted by Gasteiger charge is 2.29. The van der Waals surface area contributed by atoms with Gasteiger partial charge in [-0.05, 0) is 12.8 Å². The summed E-state index contributed by atoms with van der Waals surface area (Å²) in [7, 11) is 0. The van der Waals surface area contributed by atoms with Gasteiger partial charge >= 0.3 is 0 Å². The molecule has 7 nitrogen and oxygen atoms in total. The minimum absolute atomic E-state index is 0.298. The molecule has 0 amide bonds. The van der Waals surface area contributed by atoms with E-state index < -0.39 is 0 Å².